The Labute approximate surface area is 154 Å². The number of hydrogen-bond donors (Lipinski definition) is 1. The van der Waals surface area contributed by atoms with Gasteiger partial charge in [-0.3, -0.25) is 19.6 Å². The van der Waals surface area contributed by atoms with Gasteiger partial charge in [0.15, 0.2) is 6.29 Å². The van der Waals surface area contributed by atoms with Gasteiger partial charge in [-0.1, -0.05) is 11.8 Å². The Morgan fingerprint density at radius 3 is 2.69 bits per heavy atom. The average Bonchev–Trinajstić information content (AvgIpc) is 2.68. The summed E-state index contributed by atoms with van der Waals surface area (Å²) in [6, 6.07) is 12.6. The number of rotatable bonds is 7. The Bertz CT molecular complexity index is 929. The predicted molar refractivity (Wildman–Crippen MR) is 97.3 cm³/mol. The highest BCUT2D eigenvalue weighted by molar-refractivity contribution is 7.99. The number of primary amides is 1. The minimum Gasteiger partial charge on any atom is -0.489 e. The van der Waals surface area contributed by atoms with E-state index < -0.39 is 5.91 Å². The lowest BCUT2D eigenvalue weighted by atomic mass is 10.2. The lowest BCUT2D eigenvalue weighted by molar-refractivity contribution is 0.0995. The number of benzene rings is 1. The van der Waals surface area contributed by atoms with Crippen LogP contribution in [0.1, 0.15) is 26.4 Å². The summed E-state index contributed by atoms with van der Waals surface area (Å²) in [5, 5.41) is 0. The molecule has 3 aromatic rings. The van der Waals surface area contributed by atoms with E-state index in [0.29, 0.717) is 17.9 Å². The molecule has 0 unspecified atom stereocenters. The molecule has 0 radical (unpaired) electrons. The molecule has 3 rings (SSSR count). The molecule has 0 aliphatic carbocycles. The van der Waals surface area contributed by atoms with Crippen molar-refractivity contribution in [3.05, 3.63) is 77.9 Å². The van der Waals surface area contributed by atoms with Crippen LogP contribution in [0.25, 0.3) is 0 Å². The SMILES string of the molecule is NC(=O)c1cc(COc2ccc(Sc3cnccc3C=O)cc2)ccn1. The van der Waals surface area contributed by atoms with Crippen molar-refractivity contribution in [3.8, 4) is 5.75 Å². The molecule has 0 bridgehead atoms. The zero-order valence-electron chi connectivity index (χ0n) is 13.7. The molecule has 2 N–H and O–H groups in total. The fraction of sp³-hybridized carbons (Fsp3) is 0.0526. The van der Waals surface area contributed by atoms with Crippen molar-refractivity contribution in [1.29, 1.82) is 0 Å². The Balaban J connectivity index is 1.64. The third-order valence-corrected chi connectivity index (χ3v) is 4.55. The summed E-state index contributed by atoms with van der Waals surface area (Å²) in [7, 11) is 0. The molecule has 6 nitrogen and oxygen atoms in total. The quantitative estimate of drug-likeness (QED) is 0.646. The largest absolute Gasteiger partial charge is 0.489 e. The molecular formula is C19H15N3O3S. The standard InChI is InChI=1S/C19H15N3O3S/c20-19(24)17-9-13(5-8-22-17)12-25-15-1-3-16(4-2-15)26-18-10-21-7-6-14(18)11-23/h1-11H,12H2,(H2,20,24). The summed E-state index contributed by atoms with van der Waals surface area (Å²) >= 11 is 1.46. The van der Waals surface area contributed by atoms with Crippen LogP contribution >= 0.6 is 11.8 Å². The minimum atomic E-state index is -0.571. The summed E-state index contributed by atoms with van der Waals surface area (Å²) in [5.41, 5.74) is 6.84. The summed E-state index contributed by atoms with van der Waals surface area (Å²) in [6.07, 6.45) is 5.60. The molecule has 0 saturated carbocycles. The summed E-state index contributed by atoms with van der Waals surface area (Å²) in [5.74, 6) is 0.118. The van der Waals surface area contributed by atoms with Crippen LogP contribution in [-0.2, 0) is 6.61 Å². The number of nitrogens with zero attached hydrogens (tertiary/aromatic N) is 2. The number of hydrogen-bond acceptors (Lipinski definition) is 6. The second-order valence-electron chi connectivity index (χ2n) is 5.31. The van der Waals surface area contributed by atoms with Gasteiger partial charge in [0, 0.05) is 33.9 Å². The molecule has 0 saturated heterocycles. The average molecular weight is 365 g/mol. The first-order valence-corrected chi connectivity index (χ1v) is 8.52. The Morgan fingerprint density at radius 1 is 1.15 bits per heavy atom. The fourth-order valence-corrected chi connectivity index (χ4v) is 3.04. The van der Waals surface area contributed by atoms with Crippen LogP contribution < -0.4 is 10.5 Å². The Hall–Kier alpha value is -3.19. The number of ether oxygens (including phenoxy) is 1. The highest BCUT2D eigenvalue weighted by atomic mass is 32.2. The smallest absolute Gasteiger partial charge is 0.267 e. The van der Waals surface area contributed by atoms with Gasteiger partial charge in [0.1, 0.15) is 18.1 Å². The van der Waals surface area contributed by atoms with Gasteiger partial charge in [0.05, 0.1) is 0 Å². The summed E-state index contributed by atoms with van der Waals surface area (Å²) in [4.78, 5) is 31.9. The molecule has 2 heterocycles. The van der Waals surface area contributed by atoms with Crippen molar-refractivity contribution < 1.29 is 14.3 Å². The molecule has 0 atom stereocenters. The molecule has 1 amide bonds. The van der Waals surface area contributed by atoms with Crippen molar-refractivity contribution >= 4 is 24.0 Å². The first kappa shape index (κ1) is 17.6. The third-order valence-electron chi connectivity index (χ3n) is 3.48. The van der Waals surface area contributed by atoms with Crippen LogP contribution in [0.4, 0.5) is 0 Å². The maximum atomic E-state index is 11.2. The van der Waals surface area contributed by atoms with Gasteiger partial charge >= 0.3 is 0 Å². The van der Waals surface area contributed by atoms with E-state index in [4.69, 9.17) is 10.5 Å². The number of amides is 1. The van der Waals surface area contributed by atoms with Crippen LogP contribution in [0.3, 0.4) is 0 Å². The number of nitrogens with two attached hydrogens (primary N) is 1. The zero-order valence-corrected chi connectivity index (χ0v) is 14.5. The first-order chi connectivity index (χ1) is 12.7. The van der Waals surface area contributed by atoms with Crippen LogP contribution in [0, 0.1) is 0 Å². The third kappa shape index (κ3) is 4.46. The molecule has 0 aliphatic heterocycles. The van der Waals surface area contributed by atoms with Gasteiger partial charge in [-0.15, -0.1) is 0 Å². The lowest BCUT2D eigenvalue weighted by Gasteiger charge is -2.08. The Kier molecular flexibility index (Phi) is 5.60. The highest BCUT2D eigenvalue weighted by Crippen LogP contribution is 2.30. The lowest BCUT2D eigenvalue weighted by Crippen LogP contribution is -2.13. The molecule has 130 valence electrons. The number of carbonyl (C=O) groups excluding carboxylic acids is 2. The van der Waals surface area contributed by atoms with Crippen LogP contribution in [-0.4, -0.2) is 22.2 Å². The number of aldehydes is 1. The van der Waals surface area contributed by atoms with E-state index in [1.165, 1.54) is 18.0 Å². The molecule has 7 heteroatoms. The van der Waals surface area contributed by atoms with Crippen LogP contribution in [0.5, 0.6) is 5.75 Å². The van der Waals surface area contributed by atoms with Gasteiger partial charge in [0.2, 0.25) is 0 Å². The van der Waals surface area contributed by atoms with Crippen molar-refractivity contribution in [3.63, 3.8) is 0 Å². The number of aromatic nitrogens is 2. The maximum Gasteiger partial charge on any atom is 0.267 e. The highest BCUT2D eigenvalue weighted by Gasteiger charge is 2.06. The second-order valence-corrected chi connectivity index (χ2v) is 6.42. The van der Waals surface area contributed by atoms with E-state index in [2.05, 4.69) is 9.97 Å². The van der Waals surface area contributed by atoms with Crippen LogP contribution in [0.2, 0.25) is 0 Å². The molecule has 0 spiro atoms. The van der Waals surface area contributed by atoms with Gasteiger partial charge in [0.25, 0.3) is 5.91 Å². The van der Waals surface area contributed by atoms with Gasteiger partial charge in [-0.25, -0.2) is 0 Å². The van der Waals surface area contributed by atoms with E-state index in [9.17, 15) is 9.59 Å². The van der Waals surface area contributed by atoms with E-state index in [1.54, 1.807) is 30.6 Å². The normalized spacial score (nSPS) is 10.3. The predicted octanol–water partition coefficient (Wildman–Crippen LogP) is 3.12. The van der Waals surface area contributed by atoms with Gasteiger partial charge in [-0.05, 0) is 48.0 Å². The molecule has 0 fully saturated rings. The van der Waals surface area contributed by atoms with E-state index >= 15 is 0 Å². The van der Waals surface area contributed by atoms with Crippen molar-refractivity contribution in [2.45, 2.75) is 16.4 Å². The van der Waals surface area contributed by atoms with Crippen LogP contribution in [0.15, 0.2) is 70.8 Å². The van der Waals surface area contributed by atoms with Gasteiger partial charge < -0.3 is 10.5 Å². The summed E-state index contributed by atoms with van der Waals surface area (Å²) < 4.78 is 5.72. The molecular weight excluding hydrogens is 350 g/mol. The van der Waals surface area contributed by atoms with Crippen molar-refractivity contribution in [1.82, 2.24) is 9.97 Å². The molecule has 1 aromatic carbocycles. The minimum absolute atomic E-state index is 0.209. The monoisotopic (exact) mass is 365 g/mol. The number of pyridine rings is 2. The van der Waals surface area contributed by atoms with E-state index in [-0.39, 0.29) is 5.69 Å². The molecule has 26 heavy (non-hydrogen) atoms. The molecule has 2 aromatic heterocycles. The summed E-state index contributed by atoms with van der Waals surface area (Å²) in [6.45, 7) is 0.299. The zero-order chi connectivity index (χ0) is 18.4. The molecule has 0 aliphatic rings. The van der Waals surface area contributed by atoms with Gasteiger partial charge in [-0.2, -0.15) is 0 Å². The van der Waals surface area contributed by atoms with Crippen molar-refractivity contribution in [2.75, 3.05) is 0 Å². The Morgan fingerprint density at radius 2 is 1.96 bits per heavy atom. The second kappa shape index (κ2) is 8.26. The number of carbonyl (C=O) groups is 2. The first-order valence-electron chi connectivity index (χ1n) is 7.70. The van der Waals surface area contributed by atoms with Crippen molar-refractivity contribution in [2.24, 2.45) is 5.73 Å². The van der Waals surface area contributed by atoms with E-state index in [1.807, 2.05) is 24.3 Å². The maximum absolute atomic E-state index is 11.2. The van der Waals surface area contributed by atoms with E-state index in [0.717, 1.165) is 21.6 Å². The topological polar surface area (TPSA) is 95.2 Å². The fourth-order valence-electron chi connectivity index (χ4n) is 2.17.